The van der Waals surface area contributed by atoms with Crippen molar-refractivity contribution in [3.05, 3.63) is 63.6 Å². The number of anilines is 1. The van der Waals surface area contributed by atoms with E-state index in [2.05, 4.69) is 31.8 Å². The fraction of sp³-hybridized carbons (Fsp3) is 0.125. The van der Waals surface area contributed by atoms with E-state index in [1.54, 1.807) is 25.3 Å². The van der Waals surface area contributed by atoms with Crippen molar-refractivity contribution in [1.82, 2.24) is 5.43 Å². The number of halogens is 2. The molecule has 0 aliphatic rings. The second kappa shape index (κ2) is 7.96. The molecular formula is C16H15BrClN3O. The summed E-state index contributed by atoms with van der Waals surface area (Å²) in [6, 6.07) is 14.4. The number of nitrogens with zero attached hydrogens (tertiary/aromatic N) is 1. The van der Waals surface area contributed by atoms with Crippen LogP contribution in [0, 0.1) is 0 Å². The van der Waals surface area contributed by atoms with Crippen molar-refractivity contribution in [2.75, 3.05) is 5.32 Å². The first-order valence-corrected chi connectivity index (χ1v) is 7.82. The fourth-order valence-electron chi connectivity index (χ4n) is 1.68. The monoisotopic (exact) mass is 379 g/mol. The first-order chi connectivity index (χ1) is 10.5. The third-order valence-electron chi connectivity index (χ3n) is 2.88. The predicted octanol–water partition coefficient (Wildman–Crippen LogP) is 4.05. The normalized spacial score (nSPS) is 12.1. The fourth-order valence-corrected chi connectivity index (χ4v) is 2.07. The molecule has 2 rings (SSSR count). The van der Waals surface area contributed by atoms with Gasteiger partial charge in [0.1, 0.15) is 6.04 Å². The van der Waals surface area contributed by atoms with Gasteiger partial charge in [-0.05, 0) is 48.9 Å². The number of benzene rings is 2. The number of carbonyl (C=O) groups is 1. The minimum Gasteiger partial charge on any atom is -0.374 e. The van der Waals surface area contributed by atoms with Crippen molar-refractivity contribution in [2.24, 2.45) is 5.10 Å². The lowest BCUT2D eigenvalue weighted by Gasteiger charge is -2.13. The molecule has 22 heavy (non-hydrogen) atoms. The Hall–Kier alpha value is -1.85. The van der Waals surface area contributed by atoms with Gasteiger partial charge in [0, 0.05) is 15.2 Å². The van der Waals surface area contributed by atoms with Crippen LogP contribution >= 0.6 is 27.5 Å². The number of hydrazone groups is 1. The van der Waals surface area contributed by atoms with Crippen molar-refractivity contribution in [1.29, 1.82) is 0 Å². The molecule has 2 aromatic rings. The molecule has 4 nitrogen and oxygen atoms in total. The molecule has 1 atom stereocenters. The molecule has 6 heteroatoms. The van der Waals surface area contributed by atoms with E-state index in [9.17, 15) is 4.79 Å². The number of amides is 1. The molecule has 0 aliphatic carbocycles. The highest BCUT2D eigenvalue weighted by atomic mass is 79.9. The van der Waals surface area contributed by atoms with E-state index in [1.165, 1.54) is 0 Å². The minimum atomic E-state index is -0.414. The van der Waals surface area contributed by atoms with Gasteiger partial charge >= 0.3 is 0 Å². The van der Waals surface area contributed by atoms with Gasteiger partial charge in [0.25, 0.3) is 5.91 Å². The van der Waals surface area contributed by atoms with E-state index in [1.807, 2.05) is 36.4 Å². The number of hydrogen-bond acceptors (Lipinski definition) is 3. The first kappa shape index (κ1) is 16.5. The van der Waals surface area contributed by atoms with Gasteiger partial charge in [-0.2, -0.15) is 5.10 Å². The van der Waals surface area contributed by atoms with Crippen LogP contribution in [0.3, 0.4) is 0 Å². The Morgan fingerprint density at radius 3 is 2.45 bits per heavy atom. The van der Waals surface area contributed by atoms with Crippen molar-refractivity contribution in [3.63, 3.8) is 0 Å². The quantitative estimate of drug-likeness (QED) is 0.607. The Kier molecular flexibility index (Phi) is 5.98. The summed E-state index contributed by atoms with van der Waals surface area (Å²) >= 11 is 9.18. The first-order valence-electron chi connectivity index (χ1n) is 6.65. The Balaban J connectivity index is 1.85. The van der Waals surface area contributed by atoms with Gasteiger partial charge in [-0.1, -0.05) is 39.7 Å². The lowest BCUT2D eigenvalue weighted by molar-refractivity contribution is -0.121. The second-order valence-corrected chi connectivity index (χ2v) is 6.01. The molecule has 0 aliphatic heterocycles. The maximum absolute atomic E-state index is 11.9. The van der Waals surface area contributed by atoms with Crippen LogP contribution in [-0.2, 0) is 4.79 Å². The van der Waals surface area contributed by atoms with E-state index < -0.39 is 6.04 Å². The molecule has 114 valence electrons. The molecule has 0 fully saturated rings. The highest BCUT2D eigenvalue weighted by Gasteiger charge is 2.11. The number of rotatable bonds is 5. The van der Waals surface area contributed by atoms with Gasteiger partial charge in [0.15, 0.2) is 0 Å². The number of hydrogen-bond donors (Lipinski definition) is 2. The van der Waals surface area contributed by atoms with E-state index in [-0.39, 0.29) is 5.91 Å². The van der Waals surface area contributed by atoms with Crippen molar-refractivity contribution < 1.29 is 4.79 Å². The van der Waals surface area contributed by atoms with E-state index in [4.69, 9.17) is 11.6 Å². The molecule has 2 N–H and O–H groups in total. The third-order valence-corrected chi connectivity index (χ3v) is 3.66. The molecule has 2 aromatic carbocycles. The van der Waals surface area contributed by atoms with Crippen LogP contribution in [0.4, 0.5) is 5.69 Å². The Morgan fingerprint density at radius 2 is 1.82 bits per heavy atom. The maximum Gasteiger partial charge on any atom is 0.262 e. The highest BCUT2D eigenvalue weighted by Crippen LogP contribution is 2.14. The summed E-state index contributed by atoms with van der Waals surface area (Å²) in [7, 11) is 0. The van der Waals surface area contributed by atoms with Gasteiger partial charge in [-0.15, -0.1) is 0 Å². The molecule has 0 radical (unpaired) electrons. The zero-order valence-electron chi connectivity index (χ0n) is 11.9. The smallest absolute Gasteiger partial charge is 0.262 e. The lowest BCUT2D eigenvalue weighted by Crippen LogP contribution is -2.34. The minimum absolute atomic E-state index is 0.219. The summed E-state index contributed by atoms with van der Waals surface area (Å²) in [6.45, 7) is 1.76. The molecule has 0 aromatic heterocycles. The van der Waals surface area contributed by atoms with Crippen LogP contribution in [0.15, 0.2) is 58.1 Å². The maximum atomic E-state index is 11.9. The molecule has 1 unspecified atom stereocenters. The summed E-state index contributed by atoms with van der Waals surface area (Å²) in [5, 5.41) is 7.68. The van der Waals surface area contributed by atoms with Crippen molar-refractivity contribution in [3.8, 4) is 0 Å². The SMILES string of the molecule is CC(Nc1ccc(Cl)cc1)C(=O)NN=Cc1ccc(Br)cc1. The predicted molar refractivity (Wildman–Crippen MR) is 94.4 cm³/mol. The summed E-state index contributed by atoms with van der Waals surface area (Å²) in [5.74, 6) is -0.219. The Morgan fingerprint density at radius 1 is 1.18 bits per heavy atom. The molecule has 0 bridgehead atoms. The Bertz CT molecular complexity index is 656. The van der Waals surface area contributed by atoms with E-state index in [0.29, 0.717) is 5.02 Å². The average Bonchev–Trinajstić information content (AvgIpc) is 2.51. The van der Waals surface area contributed by atoms with Crippen LogP contribution < -0.4 is 10.7 Å². The topological polar surface area (TPSA) is 53.5 Å². The van der Waals surface area contributed by atoms with Crippen LogP contribution in [0.1, 0.15) is 12.5 Å². The van der Waals surface area contributed by atoms with Gasteiger partial charge in [-0.25, -0.2) is 5.43 Å². The van der Waals surface area contributed by atoms with Crippen LogP contribution in [0.25, 0.3) is 0 Å². The zero-order valence-corrected chi connectivity index (χ0v) is 14.2. The standard InChI is InChI=1S/C16H15BrClN3O/c1-11(20-15-8-6-14(18)7-9-15)16(22)21-19-10-12-2-4-13(17)5-3-12/h2-11,20H,1H3,(H,21,22). The van der Waals surface area contributed by atoms with Gasteiger partial charge in [0.2, 0.25) is 0 Å². The molecule has 0 heterocycles. The Labute approximate surface area is 142 Å². The van der Waals surface area contributed by atoms with Gasteiger partial charge in [0.05, 0.1) is 6.21 Å². The zero-order chi connectivity index (χ0) is 15.9. The summed E-state index contributed by atoms with van der Waals surface area (Å²) in [5.41, 5.74) is 4.23. The summed E-state index contributed by atoms with van der Waals surface area (Å²) in [6.07, 6.45) is 1.60. The highest BCUT2D eigenvalue weighted by molar-refractivity contribution is 9.10. The molecular weight excluding hydrogens is 366 g/mol. The van der Waals surface area contributed by atoms with Gasteiger partial charge in [-0.3, -0.25) is 4.79 Å². The van der Waals surface area contributed by atoms with E-state index in [0.717, 1.165) is 15.7 Å². The average molecular weight is 381 g/mol. The summed E-state index contributed by atoms with van der Waals surface area (Å²) < 4.78 is 0.995. The van der Waals surface area contributed by atoms with Crippen molar-refractivity contribution >= 4 is 45.3 Å². The molecule has 0 saturated carbocycles. The van der Waals surface area contributed by atoms with Crippen LogP contribution in [0.2, 0.25) is 5.02 Å². The second-order valence-electron chi connectivity index (χ2n) is 4.66. The van der Waals surface area contributed by atoms with Crippen LogP contribution in [-0.4, -0.2) is 18.2 Å². The van der Waals surface area contributed by atoms with Gasteiger partial charge < -0.3 is 5.32 Å². The van der Waals surface area contributed by atoms with Crippen LogP contribution in [0.5, 0.6) is 0 Å². The number of nitrogens with one attached hydrogen (secondary N) is 2. The molecule has 0 saturated heterocycles. The number of carbonyl (C=O) groups excluding carboxylic acids is 1. The third kappa shape index (κ3) is 5.16. The molecule has 1 amide bonds. The largest absolute Gasteiger partial charge is 0.374 e. The van der Waals surface area contributed by atoms with E-state index >= 15 is 0 Å². The lowest BCUT2D eigenvalue weighted by atomic mass is 10.2. The van der Waals surface area contributed by atoms with Crippen molar-refractivity contribution in [2.45, 2.75) is 13.0 Å². The molecule has 0 spiro atoms. The summed E-state index contributed by atoms with van der Waals surface area (Å²) in [4.78, 5) is 11.9.